The molecule has 0 aromatic rings. The Hall–Kier alpha value is -1.28. The van der Waals surface area contributed by atoms with Crippen LogP contribution in [0.3, 0.4) is 0 Å². The van der Waals surface area contributed by atoms with E-state index >= 15 is 0 Å². The van der Waals surface area contributed by atoms with E-state index in [1.807, 2.05) is 0 Å². The SMILES string of the molecule is O=C(F)C(F)(F)N(C(F)(F)C(F)(F)F)C(F)(F)C(F)(F)F. The molecule has 0 bridgehead atoms. The highest BCUT2D eigenvalue weighted by atomic mass is 19.4. The largest absolute Gasteiger partial charge is 0.469 e. The zero-order valence-corrected chi connectivity index (χ0v) is 8.77. The summed E-state index contributed by atoms with van der Waals surface area (Å²) in [5.41, 5.74) is 0. The molecule has 21 heavy (non-hydrogen) atoms. The van der Waals surface area contributed by atoms with E-state index in [1.165, 1.54) is 0 Å². The molecule has 0 aliphatic carbocycles. The van der Waals surface area contributed by atoms with Gasteiger partial charge < -0.3 is 0 Å². The molecule has 0 saturated heterocycles. The molecule has 0 aliphatic heterocycles. The Morgan fingerprint density at radius 2 is 0.857 bits per heavy atom. The van der Waals surface area contributed by atoms with Crippen LogP contribution < -0.4 is 0 Å². The maximum absolute atomic E-state index is 12.5. The minimum atomic E-state index is -7.59. The second kappa shape index (κ2) is 4.88. The molecule has 0 heterocycles. The predicted molar refractivity (Wildman–Crippen MR) is 34.9 cm³/mol. The van der Waals surface area contributed by atoms with E-state index in [1.54, 1.807) is 0 Å². The van der Waals surface area contributed by atoms with Crippen molar-refractivity contribution in [3.63, 3.8) is 0 Å². The molecule has 126 valence electrons. The van der Waals surface area contributed by atoms with Gasteiger partial charge in [0.05, 0.1) is 0 Å². The molecule has 0 radical (unpaired) electrons. The summed E-state index contributed by atoms with van der Waals surface area (Å²) in [6.45, 7) is 0. The molecular formula is C6F13NO. The van der Waals surface area contributed by atoms with Gasteiger partial charge in [-0.15, -0.1) is 0 Å². The Balaban J connectivity index is 6.41. The van der Waals surface area contributed by atoms with Gasteiger partial charge in [0.25, 0.3) is 0 Å². The molecule has 0 rings (SSSR count). The Kier molecular flexibility index (Phi) is 4.58. The fourth-order valence-electron chi connectivity index (χ4n) is 0.871. The third-order valence-corrected chi connectivity index (χ3v) is 1.76. The summed E-state index contributed by atoms with van der Waals surface area (Å²) in [4.78, 5) is 5.42. The van der Waals surface area contributed by atoms with Gasteiger partial charge in [0.2, 0.25) is 0 Å². The van der Waals surface area contributed by atoms with Gasteiger partial charge in [0.1, 0.15) is 0 Å². The number of rotatable bonds is 4. The van der Waals surface area contributed by atoms with E-state index in [-0.39, 0.29) is 0 Å². The first-order valence-electron chi connectivity index (χ1n) is 4.08. The average molecular weight is 349 g/mol. The summed E-state index contributed by atoms with van der Waals surface area (Å²) in [5, 5.41) is 0. The van der Waals surface area contributed by atoms with Crippen LogP contribution in [0.1, 0.15) is 0 Å². The van der Waals surface area contributed by atoms with Gasteiger partial charge in [-0.05, 0) is 0 Å². The van der Waals surface area contributed by atoms with E-state index in [4.69, 9.17) is 0 Å². The van der Waals surface area contributed by atoms with Gasteiger partial charge in [-0.2, -0.15) is 57.1 Å². The predicted octanol–water partition coefficient (Wildman–Crippen LogP) is 3.69. The summed E-state index contributed by atoms with van der Waals surface area (Å²) in [6.07, 6.45) is -14.8. The van der Waals surface area contributed by atoms with Crippen molar-refractivity contribution in [2.24, 2.45) is 0 Å². The Bertz CT molecular complexity index is 380. The van der Waals surface area contributed by atoms with E-state index in [2.05, 4.69) is 0 Å². The third kappa shape index (κ3) is 3.16. The third-order valence-electron chi connectivity index (χ3n) is 1.76. The number of carbonyl (C=O) groups excluding carboxylic acids is 1. The van der Waals surface area contributed by atoms with Crippen molar-refractivity contribution < 1.29 is 61.9 Å². The van der Waals surface area contributed by atoms with Gasteiger partial charge in [-0.3, -0.25) is 4.79 Å². The molecule has 0 amide bonds. The van der Waals surface area contributed by atoms with Crippen LogP contribution in [0, 0.1) is 0 Å². The van der Waals surface area contributed by atoms with Crippen molar-refractivity contribution in [2.75, 3.05) is 0 Å². The fourth-order valence-corrected chi connectivity index (χ4v) is 0.871. The van der Waals surface area contributed by atoms with Crippen LogP contribution in [0.5, 0.6) is 0 Å². The van der Waals surface area contributed by atoms with E-state index in [0.717, 1.165) is 0 Å². The van der Waals surface area contributed by atoms with Crippen LogP contribution in [0.25, 0.3) is 0 Å². The first kappa shape index (κ1) is 19.7. The number of hydrogen-bond donors (Lipinski definition) is 0. The van der Waals surface area contributed by atoms with Crippen LogP contribution in [-0.2, 0) is 4.79 Å². The number of halogens is 13. The second-order valence-corrected chi connectivity index (χ2v) is 3.23. The van der Waals surface area contributed by atoms with Gasteiger partial charge in [-0.25, -0.2) is 0 Å². The number of carbonyl (C=O) groups is 1. The first-order chi connectivity index (χ1) is 8.81. The lowest BCUT2D eigenvalue weighted by Gasteiger charge is -2.40. The van der Waals surface area contributed by atoms with Gasteiger partial charge in [-0.1, -0.05) is 4.90 Å². The highest BCUT2D eigenvalue weighted by molar-refractivity contribution is 5.75. The minimum absolute atomic E-state index is 4.17. The molecule has 0 aromatic carbocycles. The maximum atomic E-state index is 12.5. The van der Waals surface area contributed by atoms with Crippen molar-refractivity contribution >= 4 is 6.04 Å². The Morgan fingerprint density at radius 1 is 0.619 bits per heavy atom. The second-order valence-electron chi connectivity index (χ2n) is 3.23. The molecule has 0 aliphatic rings. The molecule has 0 N–H and O–H groups in total. The van der Waals surface area contributed by atoms with Crippen molar-refractivity contribution in [1.82, 2.24) is 4.90 Å². The van der Waals surface area contributed by atoms with E-state index in [0.29, 0.717) is 0 Å². The topological polar surface area (TPSA) is 20.3 Å². The molecule has 0 atom stereocenters. The van der Waals surface area contributed by atoms with Gasteiger partial charge in [0, 0.05) is 0 Å². The summed E-state index contributed by atoms with van der Waals surface area (Å²) >= 11 is 0. The summed E-state index contributed by atoms with van der Waals surface area (Å²) in [6, 6.07) is -26.9. The number of alkyl halides is 12. The van der Waals surface area contributed by atoms with Crippen LogP contribution in [0.4, 0.5) is 57.1 Å². The summed E-state index contributed by atoms with van der Waals surface area (Å²) < 4.78 is 157. The molecule has 0 unspecified atom stereocenters. The lowest BCUT2D eigenvalue weighted by molar-refractivity contribution is -0.470. The van der Waals surface area contributed by atoms with Gasteiger partial charge >= 0.3 is 36.5 Å². The quantitative estimate of drug-likeness (QED) is 0.438. The van der Waals surface area contributed by atoms with Crippen LogP contribution in [0.2, 0.25) is 0 Å². The number of hydrogen-bond acceptors (Lipinski definition) is 2. The Labute approximate surface area is 105 Å². The highest BCUT2D eigenvalue weighted by Gasteiger charge is 2.81. The molecule has 0 aromatic heterocycles. The fraction of sp³-hybridized carbons (Fsp3) is 0.833. The lowest BCUT2D eigenvalue weighted by Crippen LogP contribution is -2.71. The van der Waals surface area contributed by atoms with Gasteiger partial charge in [0.15, 0.2) is 0 Å². The zero-order valence-electron chi connectivity index (χ0n) is 8.77. The van der Waals surface area contributed by atoms with Crippen LogP contribution in [0.15, 0.2) is 0 Å². The molecule has 15 heteroatoms. The molecule has 0 fully saturated rings. The van der Waals surface area contributed by atoms with E-state index < -0.39 is 41.4 Å². The van der Waals surface area contributed by atoms with Crippen molar-refractivity contribution in [3.8, 4) is 0 Å². The zero-order chi connectivity index (χ0) is 17.7. The molecule has 2 nitrogen and oxygen atoms in total. The van der Waals surface area contributed by atoms with Crippen molar-refractivity contribution in [1.29, 1.82) is 0 Å². The normalized spacial score (nSPS) is 15.5. The van der Waals surface area contributed by atoms with E-state index in [9.17, 15) is 61.9 Å². The van der Waals surface area contributed by atoms with Crippen molar-refractivity contribution in [3.05, 3.63) is 0 Å². The highest BCUT2D eigenvalue weighted by Crippen LogP contribution is 2.52. The molecular weight excluding hydrogens is 349 g/mol. The summed E-state index contributed by atoms with van der Waals surface area (Å²) in [5.74, 6) is 0. The van der Waals surface area contributed by atoms with Crippen molar-refractivity contribution in [2.45, 2.75) is 30.5 Å². The van der Waals surface area contributed by atoms with Crippen LogP contribution in [-0.4, -0.2) is 41.4 Å². The molecule has 0 spiro atoms. The number of nitrogens with zero attached hydrogens (tertiary/aromatic N) is 1. The Morgan fingerprint density at radius 3 is 1.00 bits per heavy atom. The lowest BCUT2D eigenvalue weighted by atomic mass is 10.3. The van der Waals surface area contributed by atoms with Crippen LogP contribution >= 0.6 is 0 Å². The molecule has 0 saturated carbocycles. The summed E-state index contributed by atoms with van der Waals surface area (Å²) in [7, 11) is 0. The monoisotopic (exact) mass is 349 g/mol. The minimum Gasteiger partial charge on any atom is -0.252 e. The average Bonchev–Trinajstić information content (AvgIpc) is 2.11. The smallest absolute Gasteiger partial charge is 0.252 e. The first-order valence-corrected chi connectivity index (χ1v) is 4.08. The standard InChI is InChI=1S/C6F13NO/c7-1(21)2(8,9)20(5(16,17)3(10,11)12)6(18,19)4(13,14)15. The maximum Gasteiger partial charge on any atom is 0.469 e.